The lowest BCUT2D eigenvalue weighted by Crippen LogP contribution is -2.40. The number of imidazole rings is 1. The van der Waals surface area contributed by atoms with Gasteiger partial charge in [-0.1, -0.05) is 0 Å². The van der Waals surface area contributed by atoms with Crippen LogP contribution in [0.3, 0.4) is 0 Å². The average Bonchev–Trinajstić information content (AvgIpc) is 2.83. The van der Waals surface area contributed by atoms with Gasteiger partial charge in [0.2, 0.25) is 0 Å². The lowest BCUT2D eigenvalue weighted by atomic mass is 9.93. The van der Waals surface area contributed by atoms with Crippen LogP contribution in [0.25, 0.3) is 0 Å². The van der Waals surface area contributed by atoms with Crippen molar-refractivity contribution in [2.75, 3.05) is 13.1 Å². The number of hydrogen-bond donors (Lipinski definition) is 0. The zero-order chi connectivity index (χ0) is 13.2. The van der Waals surface area contributed by atoms with Gasteiger partial charge < -0.3 is 9.47 Å². The Bertz CT molecular complexity index is 422. The van der Waals surface area contributed by atoms with Gasteiger partial charge in [0.1, 0.15) is 5.82 Å². The fraction of sp³-hybridized carbons (Fsp3) is 0.812. The zero-order valence-corrected chi connectivity index (χ0v) is 12.4. The molecule has 0 saturated carbocycles. The molecule has 0 aliphatic carbocycles. The van der Waals surface area contributed by atoms with Crippen molar-refractivity contribution in [2.24, 2.45) is 5.92 Å². The summed E-state index contributed by atoms with van der Waals surface area (Å²) in [7, 11) is 0. The van der Waals surface area contributed by atoms with Crippen LogP contribution in [0.2, 0.25) is 0 Å². The molecule has 0 amide bonds. The van der Waals surface area contributed by atoms with E-state index in [1.54, 1.807) is 0 Å². The number of piperidine rings is 1. The molecule has 3 nitrogen and oxygen atoms in total. The molecule has 0 bridgehead atoms. The minimum atomic E-state index is 0.692. The van der Waals surface area contributed by atoms with Gasteiger partial charge >= 0.3 is 0 Å². The Kier molecular flexibility index (Phi) is 3.92. The second-order valence-corrected chi connectivity index (χ2v) is 6.58. The topological polar surface area (TPSA) is 21.1 Å². The van der Waals surface area contributed by atoms with Crippen LogP contribution in [0.15, 0.2) is 6.20 Å². The third-order valence-corrected chi connectivity index (χ3v) is 4.84. The molecule has 3 heteroatoms. The van der Waals surface area contributed by atoms with Crippen LogP contribution in [0.5, 0.6) is 0 Å². The molecule has 1 unspecified atom stereocenters. The van der Waals surface area contributed by atoms with Crippen molar-refractivity contribution in [3.63, 3.8) is 0 Å². The summed E-state index contributed by atoms with van der Waals surface area (Å²) in [4.78, 5) is 7.34. The molecule has 0 aromatic carbocycles. The maximum absolute atomic E-state index is 4.71. The number of likely N-dealkylation sites (tertiary alicyclic amines) is 1. The van der Waals surface area contributed by atoms with E-state index in [-0.39, 0.29) is 0 Å². The molecule has 1 aromatic rings. The van der Waals surface area contributed by atoms with Crippen molar-refractivity contribution >= 4 is 0 Å². The zero-order valence-electron chi connectivity index (χ0n) is 12.4. The predicted molar refractivity (Wildman–Crippen MR) is 78.3 cm³/mol. The van der Waals surface area contributed by atoms with E-state index in [0.717, 1.165) is 5.92 Å². The molecular weight excluding hydrogens is 234 g/mol. The quantitative estimate of drug-likeness (QED) is 0.834. The summed E-state index contributed by atoms with van der Waals surface area (Å²) >= 11 is 0. The van der Waals surface area contributed by atoms with Gasteiger partial charge in [0.25, 0.3) is 0 Å². The highest BCUT2D eigenvalue weighted by molar-refractivity contribution is 5.08. The number of aromatic nitrogens is 2. The summed E-state index contributed by atoms with van der Waals surface area (Å²) in [5.41, 5.74) is 1.47. The molecule has 1 fully saturated rings. The summed E-state index contributed by atoms with van der Waals surface area (Å²) < 4.78 is 2.50. The number of fused-ring (bicyclic) bond motifs is 1. The smallest absolute Gasteiger partial charge is 0.109 e. The Morgan fingerprint density at radius 1 is 1.26 bits per heavy atom. The number of nitrogens with zero attached hydrogens (tertiary/aromatic N) is 3. The first kappa shape index (κ1) is 13.2. The van der Waals surface area contributed by atoms with E-state index >= 15 is 0 Å². The first-order chi connectivity index (χ1) is 9.24. The Morgan fingerprint density at radius 3 is 3.00 bits per heavy atom. The number of hydrogen-bond acceptors (Lipinski definition) is 2. The standard InChI is InChI=1S/C16H27N3/c1-13(2)18-8-5-6-14(12-18)10-16-17-11-15-7-3-4-9-19(15)16/h11,13-14H,3-10,12H2,1-2H3. The van der Waals surface area contributed by atoms with Gasteiger partial charge in [0.15, 0.2) is 0 Å². The second kappa shape index (κ2) is 5.66. The molecule has 1 saturated heterocycles. The van der Waals surface area contributed by atoms with Gasteiger partial charge in [-0.2, -0.15) is 0 Å². The van der Waals surface area contributed by atoms with Gasteiger partial charge in [-0.05, 0) is 58.4 Å². The molecule has 1 aromatic heterocycles. The molecule has 0 radical (unpaired) electrons. The van der Waals surface area contributed by atoms with Crippen LogP contribution < -0.4 is 0 Å². The Morgan fingerprint density at radius 2 is 2.16 bits per heavy atom. The van der Waals surface area contributed by atoms with Crippen LogP contribution in [-0.4, -0.2) is 33.6 Å². The first-order valence-corrected chi connectivity index (χ1v) is 8.01. The van der Waals surface area contributed by atoms with Crippen molar-refractivity contribution in [1.82, 2.24) is 14.5 Å². The minimum Gasteiger partial charge on any atom is -0.332 e. The second-order valence-electron chi connectivity index (χ2n) is 6.58. The molecule has 1 atom stereocenters. The lowest BCUT2D eigenvalue weighted by Gasteiger charge is -2.35. The molecule has 2 aliphatic rings. The summed E-state index contributed by atoms with van der Waals surface area (Å²) in [6.45, 7) is 8.39. The van der Waals surface area contributed by atoms with Crippen molar-refractivity contribution in [3.8, 4) is 0 Å². The molecular formula is C16H27N3. The van der Waals surface area contributed by atoms with E-state index in [1.165, 1.54) is 69.7 Å². The molecule has 3 rings (SSSR count). The molecule has 106 valence electrons. The van der Waals surface area contributed by atoms with E-state index in [1.807, 2.05) is 0 Å². The normalized spacial score (nSPS) is 24.7. The van der Waals surface area contributed by atoms with Crippen LogP contribution in [0.4, 0.5) is 0 Å². The Hall–Kier alpha value is -0.830. The Labute approximate surface area is 117 Å². The molecule has 19 heavy (non-hydrogen) atoms. The van der Waals surface area contributed by atoms with E-state index < -0.39 is 0 Å². The summed E-state index contributed by atoms with van der Waals surface area (Å²) in [5.74, 6) is 2.16. The van der Waals surface area contributed by atoms with Crippen molar-refractivity contribution < 1.29 is 0 Å². The van der Waals surface area contributed by atoms with E-state index in [2.05, 4.69) is 29.5 Å². The molecule has 0 N–H and O–H groups in total. The fourth-order valence-corrected chi connectivity index (χ4v) is 3.66. The van der Waals surface area contributed by atoms with E-state index in [9.17, 15) is 0 Å². The van der Waals surface area contributed by atoms with Gasteiger partial charge in [0.05, 0.1) is 0 Å². The maximum Gasteiger partial charge on any atom is 0.109 e. The predicted octanol–water partition coefficient (Wildman–Crippen LogP) is 2.88. The lowest BCUT2D eigenvalue weighted by molar-refractivity contribution is 0.138. The van der Waals surface area contributed by atoms with Crippen molar-refractivity contribution in [1.29, 1.82) is 0 Å². The highest BCUT2D eigenvalue weighted by Crippen LogP contribution is 2.24. The SMILES string of the molecule is CC(C)N1CCCC(Cc2ncc3n2CCCC3)C1. The van der Waals surface area contributed by atoms with Gasteiger partial charge in [-0.3, -0.25) is 0 Å². The van der Waals surface area contributed by atoms with Crippen molar-refractivity contribution in [2.45, 2.75) is 65.0 Å². The van der Waals surface area contributed by atoms with E-state index in [0.29, 0.717) is 6.04 Å². The molecule has 0 spiro atoms. The van der Waals surface area contributed by atoms with Crippen LogP contribution in [0.1, 0.15) is 51.0 Å². The average molecular weight is 261 g/mol. The summed E-state index contributed by atoms with van der Waals surface area (Å²) in [6, 6.07) is 0.692. The maximum atomic E-state index is 4.71. The number of aryl methyl sites for hydroxylation is 1. The molecule has 3 heterocycles. The number of rotatable bonds is 3. The van der Waals surface area contributed by atoms with Gasteiger partial charge in [-0.25, -0.2) is 4.98 Å². The van der Waals surface area contributed by atoms with E-state index in [4.69, 9.17) is 4.98 Å². The first-order valence-electron chi connectivity index (χ1n) is 8.01. The van der Waals surface area contributed by atoms with Crippen molar-refractivity contribution in [3.05, 3.63) is 17.7 Å². The van der Waals surface area contributed by atoms with Crippen LogP contribution in [-0.2, 0) is 19.4 Å². The van der Waals surface area contributed by atoms with Gasteiger partial charge in [0, 0.05) is 37.4 Å². The molecule has 2 aliphatic heterocycles. The monoisotopic (exact) mass is 261 g/mol. The van der Waals surface area contributed by atoms with Gasteiger partial charge in [-0.15, -0.1) is 0 Å². The highest BCUT2D eigenvalue weighted by atomic mass is 15.2. The Balaban J connectivity index is 1.66. The highest BCUT2D eigenvalue weighted by Gasteiger charge is 2.24. The van der Waals surface area contributed by atoms with Crippen LogP contribution in [0, 0.1) is 5.92 Å². The summed E-state index contributed by atoms with van der Waals surface area (Å²) in [6.07, 6.45) is 9.95. The van der Waals surface area contributed by atoms with Crippen LogP contribution >= 0.6 is 0 Å². The third kappa shape index (κ3) is 2.86. The minimum absolute atomic E-state index is 0.692. The fourth-order valence-electron chi connectivity index (χ4n) is 3.66. The third-order valence-electron chi connectivity index (χ3n) is 4.84. The summed E-state index contributed by atoms with van der Waals surface area (Å²) in [5, 5.41) is 0. The largest absolute Gasteiger partial charge is 0.332 e.